The Morgan fingerprint density at radius 3 is 2.68 bits per heavy atom. The molecule has 0 aliphatic carbocycles. The second kappa shape index (κ2) is 5.92. The molecule has 9 nitrogen and oxygen atoms in total. The van der Waals surface area contributed by atoms with E-state index in [9.17, 15) is 18.3 Å². The van der Waals surface area contributed by atoms with Crippen LogP contribution >= 0.6 is 11.3 Å². The second-order valence-electron chi connectivity index (χ2n) is 7.06. The van der Waals surface area contributed by atoms with Gasteiger partial charge in [-0.05, 0) is 18.6 Å². The highest BCUT2D eigenvalue weighted by Crippen LogP contribution is 2.38. The van der Waals surface area contributed by atoms with Crippen LogP contribution < -0.4 is 4.90 Å². The number of sulfone groups is 1. The van der Waals surface area contributed by atoms with Crippen molar-refractivity contribution in [1.29, 1.82) is 0 Å². The molecule has 3 aromatic rings. The van der Waals surface area contributed by atoms with Gasteiger partial charge in [-0.3, -0.25) is 4.90 Å². The van der Waals surface area contributed by atoms with Gasteiger partial charge < -0.3 is 14.4 Å². The number of aromatic nitrogens is 2. The van der Waals surface area contributed by atoms with Crippen LogP contribution in [0, 0.1) is 0 Å². The lowest BCUT2D eigenvalue weighted by molar-refractivity contribution is 0.0101. The van der Waals surface area contributed by atoms with Gasteiger partial charge in [-0.15, -0.1) is 11.3 Å². The molecule has 3 fully saturated rings. The fourth-order valence-electron chi connectivity index (χ4n) is 3.94. The fraction of sp³-hybridized carbons (Fsp3) is 0.353. The van der Waals surface area contributed by atoms with Crippen molar-refractivity contribution in [3.05, 3.63) is 23.7 Å². The van der Waals surface area contributed by atoms with Crippen LogP contribution in [0.3, 0.4) is 0 Å². The van der Waals surface area contributed by atoms with Gasteiger partial charge in [0.15, 0.2) is 15.4 Å². The first-order valence-corrected chi connectivity index (χ1v) is 11.4. The van der Waals surface area contributed by atoms with Crippen LogP contribution in [0.2, 0.25) is 0 Å². The minimum absolute atomic E-state index is 0.0729. The van der Waals surface area contributed by atoms with Crippen LogP contribution in [0.4, 0.5) is 10.8 Å². The van der Waals surface area contributed by atoms with Gasteiger partial charge in [0.2, 0.25) is 0 Å². The molecule has 5 heterocycles. The predicted molar refractivity (Wildman–Crippen MR) is 102 cm³/mol. The molecule has 2 unspecified atom stereocenters. The van der Waals surface area contributed by atoms with E-state index in [1.807, 2.05) is 10.3 Å². The van der Waals surface area contributed by atoms with E-state index >= 15 is 0 Å². The highest BCUT2D eigenvalue weighted by Gasteiger charge is 2.48. The van der Waals surface area contributed by atoms with Crippen molar-refractivity contribution in [3.8, 4) is 10.6 Å². The third-order valence-electron chi connectivity index (χ3n) is 5.23. The minimum Gasteiger partial charge on any atom is -0.465 e. The number of oxazole rings is 1. The molecule has 0 saturated carbocycles. The number of hydrogen-bond donors (Lipinski definition) is 1. The number of carbonyl (C=O) groups is 1. The summed E-state index contributed by atoms with van der Waals surface area (Å²) in [7, 11) is -3.43. The van der Waals surface area contributed by atoms with Crippen molar-refractivity contribution in [3.63, 3.8) is 0 Å². The Morgan fingerprint density at radius 2 is 2.07 bits per heavy atom. The number of piperazine rings is 1. The lowest BCUT2D eigenvalue weighted by atomic mass is 9.88. The van der Waals surface area contributed by atoms with Crippen LogP contribution in [0.5, 0.6) is 0 Å². The number of hydrogen-bond acceptors (Lipinski definition) is 8. The zero-order valence-corrected chi connectivity index (χ0v) is 16.4. The first-order chi connectivity index (χ1) is 13.3. The molecule has 0 spiro atoms. The molecule has 28 heavy (non-hydrogen) atoms. The molecule has 146 valence electrons. The van der Waals surface area contributed by atoms with E-state index < -0.39 is 15.9 Å². The summed E-state index contributed by atoms with van der Waals surface area (Å²) in [5, 5.41) is 11.7. The molecule has 1 aromatic carbocycles. The Balaban J connectivity index is 1.58. The first kappa shape index (κ1) is 17.4. The summed E-state index contributed by atoms with van der Waals surface area (Å²) in [5.41, 5.74) is 1.50. The maximum Gasteiger partial charge on any atom is 0.407 e. The van der Waals surface area contributed by atoms with Crippen molar-refractivity contribution < 1.29 is 22.7 Å². The summed E-state index contributed by atoms with van der Waals surface area (Å²) in [5.74, 6) is 0. The van der Waals surface area contributed by atoms with Crippen molar-refractivity contribution in [2.45, 2.75) is 23.4 Å². The summed E-state index contributed by atoms with van der Waals surface area (Å²) in [4.78, 5) is 23.6. The standard InChI is InChI=1S/C17H16N4O5S2/c1-28(24,25)11-5-12(15-18-2-3-27-15)14-13(6-11)19-16(26-14)20-7-9-4-10(8-20)21(9)17(22)23/h2-3,5-6,9-10H,4,7-8H2,1H3,(H,22,23). The quantitative estimate of drug-likeness (QED) is 0.686. The Bertz CT molecular complexity index is 1180. The second-order valence-corrected chi connectivity index (χ2v) is 9.97. The summed E-state index contributed by atoms with van der Waals surface area (Å²) in [6.45, 7) is 1.00. The molecule has 3 saturated heterocycles. The van der Waals surface area contributed by atoms with E-state index in [0.717, 1.165) is 12.7 Å². The number of amides is 1. The fourth-order valence-corrected chi connectivity index (χ4v) is 5.25. The molecule has 3 aliphatic rings. The number of fused-ring (bicyclic) bond motifs is 3. The normalized spacial score (nSPS) is 21.8. The molecule has 0 radical (unpaired) electrons. The van der Waals surface area contributed by atoms with Gasteiger partial charge in [0.05, 0.1) is 22.5 Å². The van der Waals surface area contributed by atoms with E-state index in [0.29, 0.717) is 40.8 Å². The number of thiazole rings is 1. The maximum atomic E-state index is 12.1. The van der Waals surface area contributed by atoms with E-state index in [4.69, 9.17) is 4.42 Å². The van der Waals surface area contributed by atoms with E-state index in [1.54, 1.807) is 12.3 Å². The molecule has 2 aromatic heterocycles. The van der Waals surface area contributed by atoms with Crippen LogP contribution in [-0.2, 0) is 9.84 Å². The van der Waals surface area contributed by atoms with E-state index in [2.05, 4.69) is 9.97 Å². The average molecular weight is 420 g/mol. The molecule has 1 N–H and O–H groups in total. The number of piperidine rings is 1. The lowest BCUT2D eigenvalue weighted by Gasteiger charge is -2.54. The Kier molecular flexibility index (Phi) is 3.68. The van der Waals surface area contributed by atoms with Crippen LogP contribution in [0.1, 0.15) is 6.42 Å². The highest BCUT2D eigenvalue weighted by molar-refractivity contribution is 7.90. The molecular formula is C17H16N4O5S2. The van der Waals surface area contributed by atoms with Gasteiger partial charge in [0, 0.05) is 30.9 Å². The zero-order valence-electron chi connectivity index (χ0n) is 14.8. The first-order valence-electron chi connectivity index (χ1n) is 8.62. The molecule has 2 bridgehead atoms. The van der Waals surface area contributed by atoms with Crippen LogP contribution in [-0.4, -0.2) is 65.9 Å². The minimum atomic E-state index is -3.43. The number of nitrogens with zero attached hydrogens (tertiary/aromatic N) is 4. The Hall–Kier alpha value is -2.66. The van der Waals surface area contributed by atoms with E-state index in [1.165, 1.54) is 22.3 Å². The SMILES string of the molecule is CS(=O)(=O)c1cc(-c2nccs2)c2oc(N3CC4CC(C3)N4C(=O)O)nc2c1. The number of rotatable bonds is 3. The lowest BCUT2D eigenvalue weighted by Crippen LogP contribution is -2.70. The predicted octanol–water partition coefficient (Wildman–Crippen LogP) is 2.30. The average Bonchev–Trinajstić information content (AvgIpc) is 3.29. The number of benzene rings is 1. The van der Waals surface area contributed by atoms with Gasteiger partial charge in [-0.1, -0.05) is 0 Å². The summed E-state index contributed by atoms with van der Waals surface area (Å²) in [6, 6.07) is 3.29. The third-order valence-corrected chi connectivity index (χ3v) is 7.13. The molecule has 2 atom stereocenters. The monoisotopic (exact) mass is 420 g/mol. The maximum absolute atomic E-state index is 12.1. The Morgan fingerprint density at radius 1 is 1.32 bits per heavy atom. The Labute approximate surface area is 164 Å². The van der Waals surface area contributed by atoms with Crippen LogP contribution in [0.15, 0.2) is 33.0 Å². The van der Waals surface area contributed by atoms with Gasteiger partial charge in [0.1, 0.15) is 10.5 Å². The van der Waals surface area contributed by atoms with Crippen molar-refractivity contribution >= 4 is 44.4 Å². The van der Waals surface area contributed by atoms with Gasteiger partial charge >= 0.3 is 6.09 Å². The van der Waals surface area contributed by atoms with Crippen molar-refractivity contribution in [2.24, 2.45) is 0 Å². The molecule has 6 rings (SSSR count). The van der Waals surface area contributed by atoms with Gasteiger partial charge in [-0.25, -0.2) is 18.2 Å². The van der Waals surface area contributed by atoms with Gasteiger partial charge in [-0.2, -0.15) is 4.98 Å². The van der Waals surface area contributed by atoms with Gasteiger partial charge in [0.25, 0.3) is 6.01 Å². The zero-order chi connectivity index (χ0) is 19.6. The topological polar surface area (TPSA) is 117 Å². The summed E-state index contributed by atoms with van der Waals surface area (Å²) < 4.78 is 30.2. The van der Waals surface area contributed by atoms with Crippen LogP contribution in [0.25, 0.3) is 21.7 Å². The third kappa shape index (κ3) is 2.65. The summed E-state index contributed by atoms with van der Waals surface area (Å²) in [6.07, 6.45) is 2.74. The highest BCUT2D eigenvalue weighted by atomic mass is 32.2. The van der Waals surface area contributed by atoms with Crippen molar-refractivity contribution in [2.75, 3.05) is 24.2 Å². The summed E-state index contributed by atoms with van der Waals surface area (Å²) >= 11 is 1.39. The van der Waals surface area contributed by atoms with Crippen molar-refractivity contribution in [1.82, 2.24) is 14.9 Å². The molecular weight excluding hydrogens is 404 g/mol. The number of anilines is 1. The molecule has 3 aliphatic heterocycles. The van der Waals surface area contributed by atoms with E-state index in [-0.39, 0.29) is 17.0 Å². The smallest absolute Gasteiger partial charge is 0.407 e. The molecule has 1 amide bonds. The largest absolute Gasteiger partial charge is 0.465 e. The molecule has 11 heteroatoms. The number of carboxylic acid groups (broad SMARTS) is 1.